The highest BCUT2D eigenvalue weighted by Gasteiger charge is 2.05. The monoisotopic (exact) mass is 384 g/mol. The highest BCUT2D eigenvalue weighted by atomic mass is 16.5. The van der Waals surface area contributed by atoms with Crippen LogP contribution in [0.3, 0.4) is 0 Å². The molecule has 0 fully saturated rings. The molecule has 2 rings (SSSR count). The van der Waals surface area contributed by atoms with Crippen LogP contribution in [0, 0.1) is 0 Å². The van der Waals surface area contributed by atoms with E-state index in [0.717, 1.165) is 17.0 Å². The Kier molecular flexibility index (Phi) is 8.88. The Morgan fingerprint density at radius 3 is 2.39 bits per heavy atom. The van der Waals surface area contributed by atoms with Crippen molar-refractivity contribution in [2.24, 2.45) is 0 Å². The molecule has 0 heterocycles. The lowest BCUT2D eigenvalue weighted by molar-refractivity contribution is -0.114. The summed E-state index contributed by atoms with van der Waals surface area (Å²) in [5.41, 5.74) is 2.42. The van der Waals surface area contributed by atoms with E-state index in [4.69, 9.17) is 14.2 Å². The van der Waals surface area contributed by atoms with Crippen LogP contribution in [0.25, 0.3) is 0 Å². The predicted molar refractivity (Wildman–Crippen MR) is 112 cm³/mol. The number of nitrogens with one attached hydrogen (secondary N) is 2. The summed E-state index contributed by atoms with van der Waals surface area (Å²) < 4.78 is 16.5. The normalized spacial score (nSPS) is 10.2. The number of anilines is 2. The largest absolute Gasteiger partial charge is 0.491 e. The van der Waals surface area contributed by atoms with Crippen LogP contribution >= 0.6 is 0 Å². The van der Waals surface area contributed by atoms with Crippen molar-refractivity contribution in [3.8, 4) is 11.5 Å². The van der Waals surface area contributed by atoms with E-state index >= 15 is 0 Å². The Balaban J connectivity index is 1.80. The van der Waals surface area contributed by atoms with Crippen LogP contribution in [-0.4, -0.2) is 38.9 Å². The summed E-state index contributed by atoms with van der Waals surface area (Å²) in [5, 5.41) is 5.95. The summed E-state index contributed by atoms with van der Waals surface area (Å²) in [5.74, 6) is 1.26. The van der Waals surface area contributed by atoms with Crippen LogP contribution in [0.2, 0.25) is 0 Å². The molecule has 150 valence electrons. The number of benzene rings is 2. The molecule has 0 radical (unpaired) electrons. The van der Waals surface area contributed by atoms with Crippen LogP contribution in [0.4, 0.5) is 11.4 Å². The van der Waals surface area contributed by atoms with Gasteiger partial charge in [0, 0.05) is 30.1 Å². The topological polar surface area (TPSA) is 68.8 Å². The van der Waals surface area contributed by atoms with Crippen molar-refractivity contribution in [2.75, 3.05) is 43.6 Å². The van der Waals surface area contributed by atoms with Gasteiger partial charge >= 0.3 is 0 Å². The van der Waals surface area contributed by atoms with Crippen molar-refractivity contribution >= 4 is 17.3 Å². The molecule has 0 unspecified atom stereocenters. The van der Waals surface area contributed by atoms with Gasteiger partial charge in [0.25, 0.3) is 0 Å². The minimum absolute atomic E-state index is 0.138. The van der Waals surface area contributed by atoms with E-state index in [1.165, 1.54) is 0 Å². The number of hydrogen-bond acceptors (Lipinski definition) is 5. The average Bonchev–Trinajstić information content (AvgIpc) is 2.69. The third-order valence-electron chi connectivity index (χ3n) is 3.59. The van der Waals surface area contributed by atoms with E-state index in [0.29, 0.717) is 37.9 Å². The summed E-state index contributed by atoms with van der Waals surface area (Å²) in [6.07, 6.45) is 0. The maximum atomic E-state index is 12.2. The Hall–Kier alpha value is -2.99. The van der Waals surface area contributed by atoms with E-state index in [9.17, 15) is 4.79 Å². The first-order valence-corrected chi connectivity index (χ1v) is 9.28. The molecular formula is C22H28N2O4. The van der Waals surface area contributed by atoms with Gasteiger partial charge in [-0.15, -0.1) is 0 Å². The minimum atomic E-state index is -0.153. The highest BCUT2D eigenvalue weighted by Crippen LogP contribution is 2.19. The zero-order valence-electron chi connectivity index (χ0n) is 16.5. The molecule has 0 aliphatic heterocycles. The predicted octanol–water partition coefficient (Wildman–Crippen LogP) is 4.11. The zero-order chi connectivity index (χ0) is 20.2. The van der Waals surface area contributed by atoms with Gasteiger partial charge < -0.3 is 24.8 Å². The van der Waals surface area contributed by atoms with Crippen LogP contribution in [0.5, 0.6) is 11.5 Å². The summed E-state index contributed by atoms with van der Waals surface area (Å²) in [6, 6.07) is 14.8. The SMILES string of the molecule is C=C(C)COc1cccc(NC(=O)CNc2cccc(OCCOCC)c2)c1. The molecule has 0 bridgehead atoms. The van der Waals surface area contributed by atoms with Crippen LogP contribution in [-0.2, 0) is 9.53 Å². The zero-order valence-corrected chi connectivity index (χ0v) is 16.5. The fourth-order valence-electron chi connectivity index (χ4n) is 2.32. The van der Waals surface area contributed by atoms with Gasteiger partial charge in [0.15, 0.2) is 0 Å². The smallest absolute Gasteiger partial charge is 0.243 e. The molecule has 2 N–H and O–H groups in total. The third kappa shape index (κ3) is 8.14. The van der Waals surface area contributed by atoms with Gasteiger partial charge in [-0.3, -0.25) is 4.79 Å². The molecule has 0 aliphatic carbocycles. The van der Waals surface area contributed by atoms with Gasteiger partial charge in [-0.2, -0.15) is 0 Å². The van der Waals surface area contributed by atoms with E-state index in [2.05, 4.69) is 17.2 Å². The number of amides is 1. The third-order valence-corrected chi connectivity index (χ3v) is 3.59. The summed E-state index contributed by atoms with van der Waals surface area (Å²) in [7, 11) is 0. The molecule has 2 aromatic rings. The maximum absolute atomic E-state index is 12.2. The molecule has 0 atom stereocenters. The first kappa shape index (κ1) is 21.3. The van der Waals surface area contributed by atoms with Gasteiger partial charge in [0.2, 0.25) is 5.91 Å². The summed E-state index contributed by atoms with van der Waals surface area (Å²) in [4.78, 5) is 12.2. The molecule has 0 aromatic heterocycles. The molecule has 28 heavy (non-hydrogen) atoms. The standard InChI is InChI=1S/C22H28N2O4/c1-4-26-11-12-27-20-9-5-7-18(13-20)23-15-22(25)24-19-8-6-10-21(14-19)28-16-17(2)3/h5-10,13-14,23H,2,4,11-12,15-16H2,1,3H3,(H,24,25). The van der Waals surface area contributed by atoms with Gasteiger partial charge in [0.05, 0.1) is 13.2 Å². The molecule has 6 heteroatoms. The lowest BCUT2D eigenvalue weighted by Gasteiger charge is -2.11. The number of carbonyl (C=O) groups is 1. The molecule has 0 saturated heterocycles. The van der Waals surface area contributed by atoms with Crippen LogP contribution in [0.1, 0.15) is 13.8 Å². The van der Waals surface area contributed by atoms with Crippen molar-refractivity contribution in [1.29, 1.82) is 0 Å². The molecular weight excluding hydrogens is 356 g/mol. The van der Waals surface area contributed by atoms with Crippen molar-refractivity contribution < 1.29 is 19.0 Å². The lowest BCUT2D eigenvalue weighted by atomic mass is 10.3. The highest BCUT2D eigenvalue weighted by molar-refractivity contribution is 5.93. The Morgan fingerprint density at radius 2 is 1.68 bits per heavy atom. The van der Waals surface area contributed by atoms with E-state index in [1.807, 2.05) is 56.3 Å². The molecule has 6 nitrogen and oxygen atoms in total. The van der Waals surface area contributed by atoms with Gasteiger partial charge in [0.1, 0.15) is 24.7 Å². The quantitative estimate of drug-likeness (QED) is 0.426. The molecule has 0 saturated carbocycles. The van der Waals surface area contributed by atoms with Crippen molar-refractivity contribution in [3.05, 3.63) is 60.7 Å². The van der Waals surface area contributed by atoms with E-state index < -0.39 is 0 Å². The molecule has 0 aliphatic rings. The Morgan fingerprint density at radius 1 is 1.00 bits per heavy atom. The molecule has 0 spiro atoms. The minimum Gasteiger partial charge on any atom is -0.491 e. The number of carbonyl (C=O) groups excluding carboxylic acids is 1. The Bertz CT molecular complexity index is 777. The number of hydrogen-bond donors (Lipinski definition) is 2. The van der Waals surface area contributed by atoms with Crippen molar-refractivity contribution in [2.45, 2.75) is 13.8 Å². The van der Waals surface area contributed by atoms with Crippen LogP contribution in [0.15, 0.2) is 60.7 Å². The maximum Gasteiger partial charge on any atom is 0.243 e. The molecule has 2 aromatic carbocycles. The first-order valence-electron chi connectivity index (χ1n) is 9.28. The summed E-state index contributed by atoms with van der Waals surface area (Å²) >= 11 is 0. The Labute approximate surface area is 166 Å². The number of ether oxygens (including phenoxy) is 3. The summed E-state index contributed by atoms with van der Waals surface area (Å²) in [6.45, 7) is 9.94. The van der Waals surface area contributed by atoms with E-state index in [1.54, 1.807) is 6.07 Å². The first-order chi connectivity index (χ1) is 13.6. The molecule has 1 amide bonds. The lowest BCUT2D eigenvalue weighted by Crippen LogP contribution is -2.21. The second-order valence-electron chi connectivity index (χ2n) is 6.25. The average molecular weight is 384 g/mol. The van der Waals surface area contributed by atoms with Crippen LogP contribution < -0.4 is 20.1 Å². The number of rotatable bonds is 12. The fraction of sp³-hybridized carbons (Fsp3) is 0.318. The van der Waals surface area contributed by atoms with E-state index in [-0.39, 0.29) is 12.5 Å². The second-order valence-corrected chi connectivity index (χ2v) is 6.25. The van der Waals surface area contributed by atoms with Crippen molar-refractivity contribution in [3.63, 3.8) is 0 Å². The second kappa shape index (κ2) is 11.7. The van der Waals surface area contributed by atoms with Gasteiger partial charge in [-0.25, -0.2) is 0 Å². The van der Waals surface area contributed by atoms with Crippen molar-refractivity contribution in [1.82, 2.24) is 0 Å². The fourth-order valence-corrected chi connectivity index (χ4v) is 2.32. The van der Waals surface area contributed by atoms with Gasteiger partial charge in [-0.05, 0) is 43.7 Å². The van der Waals surface area contributed by atoms with Gasteiger partial charge in [-0.1, -0.05) is 18.7 Å².